The zero-order chi connectivity index (χ0) is 27.9. The maximum absolute atomic E-state index is 13.2. The summed E-state index contributed by atoms with van der Waals surface area (Å²) in [5.41, 5.74) is 1.81. The van der Waals surface area contributed by atoms with Crippen LogP contribution in [0.5, 0.6) is 0 Å². The third kappa shape index (κ3) is 3.65. The molecule has 5 nitrogen and oxygen atoms in total. The van der Waals surface area contributed by atoms with Crippen LogP contribution in [0.3, 0.4) is 0 Å². The summed E-state index contributed by atoms with van der Waals surface area (Å²) in [6.07, 6.45) is 10.5. The summed E-state index contributed by atoms with van der Waals surface area (Å²) in [5.74, 6) is 1.88. The largest absolute Gasteiger partial charge is 0.481 e. The molecule has 1 aliphatic heterocycles. The minimum absolute atomic E-state index is 0.00292. The number of amides is 1. The minimum atomic E-state index is -0.898. The molecule has 4 aliphatic carbocycles. The van der Waals surface area contributed by atoms with Crippen molar-refractivity contribution in [3.8, 4) is 0 Å². The molecule has 9 atom stereocenters. The van der Waals surface area contributed by atoms with Gasteiger partial charge in [-0.1, -0.05) is 32.9 Å². The van der Waals surface area contributed by atoms with E-state index in [-0.39, 0.29) is 45.9 Å². The van der Waals surface area contributed by atoms with E-state index in [1.54, 1.807) is 0 Å². The number of hydrogen-bond donors (Lipinski definition) is 2. The Balaban J connectivity index is 1.46. The Morgan fingerprint density at radius 1 is 0.868 bits per heavy atom. The van der Waals surface area contributed by atoms with Gasteiger partial charge >= 0.3 is 5.97 Å². The quantitative estimate of drug-likeness (QED) is 0.390. The fourth-order valence-corrected chi connectivity index (χ4v) is 12.1. The predicted molar refractivity (Wildman–Crippen MR) is 150 cm³/mol. The number of piperidine rings is 1. The summed E-state index contributed by atoms with van der Waals surface area (Å²) in [6, 6.07) is 0. The molecule has 5 heteroatoms. The number of nitrogens with zero attached hydrogens (tertiary/aromatic N) is 1. The van der Waals surface area contributed by atoms with Crippen molar-refractivity contribution in [3.63, 3.8) is 0 Å². The van der Waals surface area contributed by atoms with Crippen LogP contribution in [-0.2, 0) is 9.59 Å². The van der Waals surface area contributed by atoms with Gasteiger partial charge in [0, 0.05) is 25.1 Å². The Morgan fingerprint density at radius 3 is 2.21 bits per heavy atom. The van der Waals surface area contributed by atoms with Gasteiger partial charge in [-0.3, -0.25) is 9.59 Å². The second kappa shape index (κ2) is 9.08. The van der Waals surface area contributed by atoms with E-state index in [0.717, 1.165) is 32.2 Å². The van der Waals surface area contributed by atoms with E-state index >= 15 is 0 Å². The van der Waals surface area contributed by atoms with Gasteiger partial charge in [-0.25, -0.2) is 0 Å². The number of carbonyl (C=O) groups is 2. The molecule has 2 unspecified atom stereocenters. The number of fused-ring (bicyclic) bond motifs is 7. The number of likely N-dealkylation sites (tertiary alicyclic amines) is 1. The van der Waals surface area contributed by atoms with Gasteiger partial charge in [0.15, 0.2) is 0 Å². The standard InChI is InChI=1S/C33H53NO4/c1-21(2)22-12-15-33(20-35)17-16-31(6)23(28(22)33)8-9-25-30(5)18-19-34(26(36)10-11-27(37)38)29(3,4)24(30)13-14-32(25,31)7/h22-25,28,35H,1,8-20H2,2-7H3,(H,37,38)/t22?,23-,24?,25-,28-,30+,31-,32-,33-/m1/s1. The molecule has 0 aromatic carbocycles. The number of carboxylic acid groups (broad SMARTS) is 1. The number of allylic oxidation sites excluding steroid dienone is 1. The van der Waals surface area contributed by atoms with Gasteiger partial charge in [-0.2, -0.15) is 0 Å². The first-order valence-corrected chi connectivity index (χ1v) is 15.5. The number of aliphatic hydroxyl groups is 1. The van der Waals surface area contributed by atoms with Gasteiger partial charge in [0.05, 0.1) is 6.42 Å². The molecule has 5 rings (SSSR count). The maximum Gasteiger partial charge on any atom is 0.303 e. The summed E-state index contributed by atoms with van der Waals surface area (Å²) in [4.78, 5) is 26.3. The topological polar surface area (TPSA) is 77.8 Å². The predicted octanol–water partition coefficient (Wildman–Crippen LogP) is 6.69. The van der Waals surface area contributed by atoms with Crippen LogP contribution in [0.2, 0.25) is 0 Å². The first kappa shape index (κ1) is 28.2. The van der Waals surface area contributed by atoms with Crippen molar-refractivity contribution >= 4 is 11.9 Å². The summed E-state index contributed by atoms with van der Waals surface area (Å²) in [7, 11) is 0. The van der Waals surface area contributed by atoms with E-state index in [4.69, 9.17) is 5.11 Å². The summed E-state index contributed by atoms with van der Waals surface area (Å²) in [5, 5.41) is 19.9. The second-order valence-corrected chi connectivity index (χ2v) is 15.5. The van der Waals surface area contributed by atoms with Crippen molar-refractivity contribution in [1.29, 1.82) is 0 Å². The van der Waals surface area contributed by atoms with E-state index in [9.17, 15) is 14.7 Å². The monoisotopic (exact) mass is 527 g/mol. The molecule has 0 aromatic heterocycles. The number of rotatable bonds is 5. The second-order valence-electron chi connectivity index (χ2n) is 15.5. The van der Waals surface area contributed by atoms with Gasteiger partial charge in [-0.15, -0.1) is 0 Å². The molecule has 2 N–H and O–H groups in total. The number of aliphatic carboxylic acids is 1. The van der Waals surface area contributed by atoms with Crippen LogP contribution in [0.25, 0.3) is 0 Å². The lowest BCUT2D eigenvalue weighted by molar-refractivity contribution is -0.243. The van der Waals surface area contributed by atoms with E-state index in [0.29, 0.717) is 36.2 Å². The van der Waals surface area contributed by atoms with E-state index in [1.165, 1.54) is 37.7 Å². The van der Waals surface area contributed by atoms with Crippen molar-refractivity contribution in [2.45, 2.75) is 118 Å². The molecule has 1 heterocycles. The van der Waals surface area contributed by atoms with Crippen molar-refractivity contribution in [1.82, 2.24) is 4.90 Å². The third-order valence-electron chi connectivity index (χ3n) is 14.1. The molecule has 5 fully saturated rings. The molecule has 5 aliphatic rings. The highest BCUT2D eigenvalue weighted by atomic mass is 16.4. The summed E-state index contributed by atoms with van der Waals surface area (Å²) >= 11 is 0. The van der Waals surface area contributed by atoms with Gasteiger partial charge in [-0.05, 0) is 130 Å². The Hall–Kier alpha value is -1.36. The van der Waals surface area contributed by atoms with Crippen LogP contribution >= 0.6 is 0 Å². The van der Waals surface area contributed by atoms with Crippen LogP contribution in [-0.4, -0.2) is 45.7 Å². The first-order chi connectivity index (χ1) is 17.7. The van der Waals surface area contributed by atoms with Crippen LogP contribution in [0.4, 0.5) is 0 Å². The Labute approximate surface area is 230 Å². The van der Waals surface area contributed by atoms with Crippen molar-refractivity contribution in [3.05, 3.63) is 12.2 Å². The first-order valence-electron chi connectivity index (χ1n) is 15.5. The fraction of sp³-hybridized carbons (Fsp3) is 0.879. The van der Waals surface area contributed by atoms with Crippen LogP contribution in [0.15, 0.2) is 12.2 Å². The van der Waals surface area contributed by atoms with Crippen LogP contribution < -0.4 is 0 Å². The molecule has 1 amide bonds. The zero-order valence-electron chi connectivity index (χ0n) is 24.9. The van der Waals surface area contributed by atoms with Crippen LogP contribution in [0, 0.1) is 51.2 Å². The summed E-state index contributed by atoms with van der Waals surface area (Å²) < 4.78 is 0. The fourth-order valence-electron chi connectivity index (χ4n) is 12.1. The van der Waals surface area contributed by atoms with Gasteiger partial charge in [0.2, 0.25) is 5.91 Å². The number of carbonyl (C=O) groups excluding carboxylic acids is 1. The molecular formula is C33H53NO4. The Kier molecular flexibility index (Phi) is 6.73. The lowest BCUT2D eigenvalue weighted by Crippen LogP contribution is -2.70. The molecule has 4 saturated carbocycles. The molecule has 0 bridgehead atoms. The van der Waals surface area contributed by atoms with Crippen molar-refractivity contribution in [2.75, 3.05) is 13.2 Å². The third-order valence-corrected chi connectivity index (χ3v) is 14.1. The molecule has 0 aromatic rings. The van der Waals surface area contributed by atoms with Gasteiger partial charge in [0.25, 0.3) is 0 Å². The molecule has 0 radical (unpaired) electrons. The van der Waals surface area contributed by atoms with E-state index in [2.05, 4.69) is 48.1 Å². The highest BCUT2D eigenvalue weighted by Gasteiger charge is 2.70. The van der Waals surface area contributed by atoms with E-state index < -0.39 is 5.97 Å². The lowest BCUT2D eigenvalue weighted by atomic mass is 9.33. The highest BCUT2D eigenvalue weighted by Crippen LogP contribution is 2.76. The normalized spacial score (nSPS) is 47.3. The average Bonchev–Trinajstić information content (AvgIpc) is 3.23. The highest BCUT2D eigenvalue weighted by molar-refractivity contribution is 5.81. The smallest absolute Gasteiger partial charge is 0.303 e. The Morgan fingerprint density at radius 2 is 1.58 bits per heavy atom. The zero-order valence-corrected chi connectivity index (χ0v) is 24.9. The number of hydrogen-bond acceptors (Lipinski definition) is 3. The summed E-state index contributed by atoms with van der Waals surface area (Å²) in [6.45, 7) is 20.0. The van der Waals surface area contributed by atoms with Crippen molar-refractivity contribution < 1.29 is 19.8 Å². The van der Waals surface area contributed by atoms with Gasteiger partial charge < -0.3 is 15.1 Å². The lowest BCUT2D eigenvalue weighted by Gasteiger charge is -2.73. The molecule has 1 saturated heterocycles. The number of aliphatic hydroxyl groups excluding tert-OH is 1. The molecule has 214 valence electrons. The molecule has 38 heavy (non-hydrogen) atoms. The van der Waals surface area contributed by atoms with E-state index in [1.807, 2.05) is 4.90 Å². The minimum Gasteiger partial charge on any atom is -0.481 e. The molecular weight excluding hydrogens is 474 g/mol. The van der Waals surface area contributed by atoms with Crippen molar-refractivity contribution in [2.24, 2.45) is 51.2 Å². The Bertz CT molecular complexity index is 1000. The van der Waals surface area contributed by atoms with Crippen LogP contribution in [0.1, 0.15) is 112 Å². The average molecular weight is 528 g/mol. The maximum atomic E-state index is 13.2. The SMILES string of the molecule is C=C(C)C1CC[C@]2(CO)CC[C@]3(C)[C@H](CC[C@@H]4[C@@]5(C)CCN(C(=O)CCC(=O)O)C(C)(C)C5CC[C@]43C)[C@@H]12. The number of carboxylic acids is 1. The molecule has 0 spiro atoms. The van der Waals surface area contributed by atoms with Gasteiger partial charge in [0.1, 0.15) is 0 Å².